The van der Waals surface area contributed by atoms with Gasteiger partial charge in [-0.1, -0.05) is 41.4 Å². The molecule has 23 heavy (non-hydrogen) atoms. The van der Waals surface area contributed by atoms with Crippen molar-refractivity contribution in [2.24, 2.45) is 4.99 Å². The second-order valence-corrected chi connectivity index (χ2v) is 6.46. The lowest BCUT2D eigenvalue weighted by Crippen LogP contribution is -2.48. The molecule has 2 aromatic rings. The summed E-state index contributed by atoms with van der Waals surface area (Å²) in [6.45, 7) is 0.514. The zero-order valence-corrected chi connectivity index (χ0v) is 13.5. The summed E-state index contributed by atoms with van der Waals surface area (Å²) in [5, 5.41) is 11.5. The first-order valence-electron chi connectivity index (χ1n) is 7.19. The van der Waals surface area contributed by atoms with E-state index < -0.39 is 5.60 Å². The van der Waals surface area contributed by atoms with Crippen LogP contribution in [0.4, 0.5) is 11.4 Å². The largest absolute Gasteiger partial charge is 0.374 e. The van der Waals surface area contributed by atoms with Crippen LogP contribution in [0, 0.1) is 0 Å². The van der Waals surface area contributed by atoms with Crippen LogP contribution < -0.4 is 4.90 Å². The Balaban J connectivity index is 1.90. The number of nitrogens with zero attached hydrogens (tertiary/aromatic N) is 2. The molecule has 0 bridgehead atoms. The Bertz CT molecular complexity index is 851. The number of hydrogen-bond donors (Lipinski definition) is 1. The Morgan fingerprint density at radius 2 is 1.83 bits per heavy atom. The van der Waals surface area contributed by atoms with Crippen molar-refractivity contribution >= 4 is 46.2 Å². The maximum absolute atomic E-state index is 12.8. The molecule has 0 aliphatic carbocycles. The summed E-state index contributed by atoms with van der Waals surface area (Å²) < 4.78 is 0. The fourth-order valence-electron chi connectivity index (χ4n) is 3.09. The lowest BCUT2D eigenvalue weighted by molar-refractivity contribution is 0.0602. The highest BCUT2D eigenvalue weighted by Gasteiger charge is 2.52. The number of benzene rings is 2. The van der Waals surface area contributed by atoms with Crippen LogP contribution >= 0.6 is 23.2 Å². The summed E-state index contributed by atoms with van der Waals surface area (Å²) in [6.07, 6.45) is 0.291. The molecule has 0 amide bonds. The fourth-order valence-corrected chi connectivity index (χ4v) is 3.41. The minimum absolute atomic E-state index is 0.277. The van der Waals surface area contributed by atoms with E-state index in [1.165, 1.54) is 6.07 Å². The number of rotatable bonds is 1. The molecule has 2 aromatic carbocycles. The van der Waals surface area contributed by atoms with Crippen molar-refractivity contribution in [3.63, 3.8) is 0 Å². The van der Waals surface area contributed by atoms with Gasteiger partial charge in [0.2, 0.25) is 5.78 Å². The number of Topliss-reactive ketones (excluding diaryl/α,β-unsaturated/α-hetero) is 1. The summed E-state index contributed by atoms with van der Waals surface area (Å²) in [7, 11) is 0. The van der Waals surface area contributed by atoms with Crippen molar-refractivity contribution in [1.82, 2.24) is 0 Å². The van der Waals surface area contributed by atoms with Gasteiger partial charge in [0.1, 0.15) is 5.84 Å². The third-order valence-electron chi connectivity index (χ3n) is 4.28. The molecule has 1 atom stereocenters. The third-order valence-corrected chi connectivity index (χ3v) is 5.00. The van der Waals surface area contributed by atoms with Crippen molar-refractivity contribution < 1.29 is 9.90 Å². The molecule has 1 saturated heterocycles. The molecule has 2 aliphatic heterocycles. The van der Waals surface area contributed by atoms with Crippen molar-refractivity contribution in [3.05, 3.63) is 58.1 Å². The number of carbonyl (C=O) groups excluding carboxylic acids is 1. The first kappa shape index (κ1) is 14.7. The van der Waals surface area contributed by atoms with Crippen LogP contribution in [-0.4, -0.2) is 28.9 Å². The number of anilines is 1. The highest BCUT2D eigenvalue weighted by molar-refractivity contribution is 6.43. The van der Waals surface area contributed by atoms with Gasteiger partial charge in [-0.05, 0) is 24.3 Å². The molecule has 6 heteroatoms. The van der Waals surface area contributed by atoms with E-state index in [0.29, 0.717) is 35.1 Å². The summed E-state index contributed by atoms with van der Waals surface area (Å²) >= 11 is 12.0. The van der Waals surface area contributed by atoms with E-state index in [2.05, 4.69) is 4.99 Å². The van der Waals surface area contributed by atoms with Crippen LogP contribution in [0.5, 0.6) is 0 Å². The molecule has 2 aliphatic rings. The number of aliphatic imine (C=N–C) groups is 1. The predicted octanol–water partition coefficient (Wildman–Crippen LogP) is 3.86. The van der Waals surface area contributed by atoms with Gasteiger partial charge in [-0.2, -0.15) is 0 Å². The smallest absolute Gasteiger partial charge is 0.204 e. The van der Waals surface area contributed by atoms with E-state index in [0.717, 1.165) is 5.69 Å². The van der Waals surface area contributed by atoms with Crippen molar-refractivity contribution in [2.45, 2.75) is 12.0 Å². The van der Waals surface area contributed by atoms with Crippen LogP contribution in [0.25, 0.3) is 0 Å². The van der Waals surface area contributed by atoms with Gasteiger partial charge in [-0.15, -0.1) is 0 Å². The number of hydrogen-bond acceptors (Lipinski definition) is 4. The van der Waals surface area contributed by atoms with Crippen molar-refractivity contribution in [2.75, 3.05) is 11.4 Å². The van der Waals surface area contributed by atoms with E-state index in [4.69, 9.17) is 23.2 Å². The van der Waals surface area contributed by atoms with Crippen LogP contribution in [-0.2, 0) is 0 Å². The standard InChI is InChI=1S/C17H12Cl2N2O2/c18-12-8-11-14(9-13(12)19)20-16-17(23,15(11)22)6-7-21(16)10-4-2-1-3-5-10/h1-5,8-9,23H,6-7H2. The first-order valence-corrected chi connectivity index (χ1v) is 7.94. The van der Waals surface area contributed by atoms with Crippen LogP contribution in [0.15, 0.2) is 47.5 Å². The Kier molecular flexibility index (Phi) is 3.23. The molecule has 4 nitrogen and oxygen atoms in total. The molecular weight excluding hydrogens is 335 g/mol. The second kappa shape index (κ2) is 5.06. The van der Waals surface area contributed by atoms with Crippen LogP contribution in [0.1, 0.15) is 16.8 Å². The Morgan fingerprint density at radius 3 is 2.57 bits per heavy atom. The first-order chi connectivity index (χ1) is 11.0. The number of amidine groups is 1. The maximum atomic E-state index is 12.8. The molecule has 0 spiro atoms. The molecule has 0 saturated carbocycles. The van der Waals surface area contributed by atoms with Gasteiger partial charge >= 0.3 is 0 Å². The minimum atomic E-state index is -1.61. The number of aliphatic hydroxyl groups is 1. The zero-order valence-electron chi connectivity index (χ0n) is 12.0. The molecule has 0 radical (unpaired) electrons. The number of fused-ring (bicyclic) bond motifs is 2. The highest BCUT2D eigenvalue weighted by atomic mass is 35.5. The lowest BCUT2D eigenvalue weighted by Gasteiger charge is -2.29. The number of carbonyl (C=O) groups is 1. The summed E-state index contributed by atoms with van der Waals surface area (Å²) in [5.74, 6) is -0.0333. The van der Waals surface area contributed by atoms with Gasteiger partial charge in [0.15, 0.2) is 5.60 Å². The van der Waals surface area contributed by atoms with E-state index >= 15 is 0 Å². The Hall–Kier alpha value is -1.88. The summed E-state index contributed by atoms with van der Waals surface area (Å²) in [6, 6.07) is 12.6. The fraction of sp³-hybridized carbons (Fsp3) is 0.176. The van der Waals surface area contributed by atoms with Crippen LogP contribution in [0.3, 0.4) is 0 Å². The normalized spacial score (nSPS) is 22.7. The summed E-state index contributed by atoms with van der Waals surface area (Å²) in [4.78, 5) is 19.2. The van der Waals surface area contributed by atoms with Crippen molar-refractivity contribution in [3.8, 4) is 0 Å². The number of para-hydroxylation sites is 1. The van der Waals surface area contributed by atoms with Gasteiger partial charge in [-0.25, -0.2) is 4.99 Å². The third kappa shape index (κ3) is 2.10. The molecule has 1 N–H and O–H groups in total. The maximum Gasteiger partial charge on any atom is 0.204 e. The molecule has 1 fully saturated rings. The average molecular weight is 347 g/mol. The van der Waals surface area contributed by atoms with Gasteiger partial charge < -0.3 is 10.0 Å². The lowest BCUT2D eigenvalue weighted by atomic mass is 9.87. The van der Waals surface area contributed by atoms with Crippen molar-refractivity contribution in [1.29, 1.82) is 0 Å². The highest BCUT2D eigenvalue weighted by Crippen LogP contribution is 2.41. The quantitative estimate of drug-likeness (QED) is 0.852. The van der Waals surface area contributed by atoms with Gasteiger partial charge in [0, 0.05) is 24.2 Å². The second-order valence-electron chi connectivity index (χ2n) is 5.65. The van der Waals surface area contributed by atoms with E-state index in [1.807, 2.05) is 35.2 Å². The monoisotopic (exact) mass is 346 g/mol. The molecule has 1 unspecified atom stereocenters. The molecule has 116 valence electrons. The molecule has 0 aromatic heterocycles. The zero-order chi connectivity index (χ0) is 16.2. The summed E-state index contributed by atoms with van der Waals surface area (Å²) in [5.41, 5.74) is 0.0194. The topological polar surface area (TPSA) is 52.9 Å². The van der Waals surface area contributed by atoms with E-state index in [9.17, 15) is 9.90 Å². The Morgan fingerprint density at radius 1 is 1.13 bits per heavy atom. The Labute approximate surface area is 143 Å². The van der Waals surface area contributed by atoms with Gasteiger partial charge in [0.05, 0.1) is 15.7 Å². The van der Waals surface area contributed by atoms with Crippen LogP contribution in [0.2, 0.25) is 10.0 Å². The van der Waals surface area contributed by atoms with E-state index in [1.54, 1.807) is 6.07 Å². The predicted molar refractivity (Wildman–Crippen MR) is 91.2 cm³/mol. The SMILES string of the molecule is O=C1c2cc(Cl)c(Cl)cc2N=C2N(c3ccccc3)CCC12O. The number of ketones is 1. The van der Waals surface area contributed by atoms with Gasteiger partial charge in [-0.3, -0.25) is 4.79 Å². The average Bonchev–Trinajstić information content (AvgIpc) is 2.89. The molecule has 2 heterocycles. The molecule has 4 rings (SSSR count). The molecular formula is C17H12Cl2N2O2. The number of halogens is 2. The van der Waals surface area contributed by atoms with E-state index in [-0.39, 0.29) is 10.8 Å². The minimum Gasteiger partial charge on any atom is -0.374 e. The van der Waals surface area contributed by atoms with Gasteiger partial charge in [0.25, 0.3) is 0 Å².